The van der Waals surface area contributed by atoms with Gasteiger partial charge in [0.1, 0.15) is 11.4 Å². The van der Waals surface area contributed by atoms with Crippen LogP contribution in [0.15, 0.2) is 0 Å². The fourth-order valence-electron chi connectivity index (χ4n) is 1.00. The van der Waals surface area contributed by atoms with Gasteiger partial charge in [0, 0.05) is 14.1 Å². The molecule has 0 aromatic carbocycles. The minimum absolute atomic E-state index is 0.294. The summed E-state index contributed by atoms with van der Waals surface area (Å²) in [6.45, 7) is 3.78. The number of nitrogens with one attached hydrogen (secondary N) is 1. The Morgan fingerprint density at radius 3 is 1.82 bits per heavy atom. The second-order valence-corrected chi connectivity index (χ2v) is 2.98. The molecule has 0 rings (SSSR count). The number of rotatable bonds is 3. The molecule has 3 heteroatoms. The molecule has 0 atom stereocenters. The van der Waals surface area contributed by atoms with E-state index < -0.39 is 5.60 Å². The maximum atomic E-state index is 9.80. The quantitative estimate of drug-likeness (QED) is 0.477. The lowest BCUT2D eigenvalue weighted by Gasteiger charge is -2.30. The molecule has 0 spiro atoms. The summed E-state index contributed by atoms with van der Waals surface area (Å²) in [5.74, 6) is 0.294. The van der Waals surface area contributed by atoms with E-state index in [2.05, 4.69) is 0 Å². The van der Waals surface area contributed by atoms with Gasteiger partial charge in [-0.25, -0.2) is 0 Å². The summed E-state index contributed by atoms with van der Waals surface area (Å²) in [6.07, 6.45) is 1.20. The summed E-state index contributed by atoms with van der Waals surface area (Å²) in [7, 11) is 3.55. The highest BCUT2D eigenvalue weighted by atomic mass is 16.3. The molecule has 0 aliphatic rings. The van der Waals surface area contributed by atoms with Crippen LogP contribution >= 0.6 is 0 Å². The number of hydrogen-bond donors (Lipinski definition) is 2. The molecule has 0 aromatic rings. The molecular weight excluding hydrogens is 140 g/mol. The van der Waals surface area contributed by atoms with Crippen molar-refractivity contribution in [1.82, 2.24) is 4.90 Å². The van der Waals surface area contributed by atoms with Gasteiger partial charge in [0.05, 0.1) is 0 Å². The molecule has 0 unspecified atom stereocenters. The number of amidine groups is 1. The SMILES string of the molecule is CCC(O)(CC)C(=N)N(C)C. The lowest BCUT2D eigenvalue weighted by Crippen LogP contribution is -2.44. The van der Waals surface area contributed by atoms with E-state index in [1.54, 1.807) is 19.0 Å². The van der Waals surface area contributed by atoms with Crippen molar-refractivity contribution in [3.8, 4) is 0 Å². The largest absolute Gasteiger partial charge is 0.382 e. The second-order valence-electron chi connectivity index (χ2n) is 2.98. The van der Waals surface area contributed by atoms with Crippen LogP contribution in [0.4, 0.5) is 0 Å². The molecule has 0 heterocycles. The van der Waals surface area contributed by atoms with E-state index in [0.29, 0.717) is 18.7 Å². The fraction of sp³-hybridized carbons (Fsp3) is 0.875. The Morgan fingerprint density at radius 1 is 1.36 bits per heavy atom. The summed E-state index contributed by atoms with van der Waals surface area (Å²) in [4.78, 5) is 1.65. The lowest BCUT2D eigenvalue weighted by atomic mass is 9.95. The summed E-state index contributed by atoms with van der Waals surface area (Å²) in [6, 6.07) is 0. The highest BCUT2D eigenvalue weighted by molar-refractivity contribution is 5.87. The summed E-state index contributed by atoms with van der Waals surface area (Å²) < 4.78 is 0. The lowest BCUT2D eigenvalue weighted by molar-refractivity contribution is 0.0912. The zero-order valence-electron chi connectivity index (χ0n) is 7.81. The maximum Gasteiger partial charge on any atom is 0.128 e. The van der Waals surface area contributed by atoms with E-state index in [-0.39, 0.29) is 0 Å². The van der Waals surface area contributed by atoms with Gasteiger partial charge in [-0.2, -0.15) is 0 Å². The Hall–Kier alpha value is -0.570. The van der Waals surface area contributed by atoms with Crippen molar-refractivity contribution >= 4 is 5.84 Å². The molecule has 3 nitrogen and oxygen atoms in total. The smallest absolute Gasteiger partial charge is 0.128 e. The Balaban J connectivity index is 4.37. The van der Waals surface area contributed by atoms with Gasteiger partial charge in [-0.15, -0.1) is 0 Å². The van der Waals surface area contributed by atoms with Gasteiger partial charge < -0.3 is 10.0 Å². The van der Waals surface area contributed by atoms with Crippen molar-refractivity contribution in [3.63, 3.8) is 0 Å². The Morgan fingerprint density at radius 2 is 1.73 bits per heavy atom. The Kier molecular flexibility index (Phi) is 3.52. The number of hydrogen-bond acceptors (Lipinski definition) is 2. The first-order valence-electron chi connectivity index (χ1n) is 3.96. The van der Waals surface area contributed by atoms with E-state index in [1.807, 2.05) is 13.8 Å². The zero-order chi connectivity index (χ0) is 9.07. The van der Waals surface area contributed by atoms with Crippen LogP contribution in [0, 0.1) is 5.41 Å². The van der Waals surface area contributed by atoms with E-state index in [1.165, 1.54) is 0 Å². The van der Waals surface area contributed by atoms with Crippen LogP contribution in [0.5, 0.6) is 0 Å². The summed E-state index contributed by atoms with van der Waals surface area (Å²) >= 11 is 0. The van der Waals surface area contributed by atoms with Crippen molar-refractivity contribution in [1.29, 1.82) is 5.41 Å². The van der Waals surface area contributed by atoms with Crippen LogP contribution in [0.1, 0.15) is 26.7 Å². The topological polar surface area (TPSA) is 47.3 Å². The van der Waals surface area contributed by atoms with Crippen LogP contribution in [-0.2, 0) is 0 Å². The van der Waals surface area contributed by atoms with Gasteiger partial charge in [-0.3, -0.25) is 5.41 Å². The molecule has 0 radical (unpaired) electrons. The molecule has 0 fully saturated rings. The molecule has 0 saturated heterocycles. The van der Waals surface area contributed by atoms with Gasteiger partial charge in [-0.05, 0) is 12.8 Å². The van der Waals surface area contributed by atoms with E-state index in [9.17, 15) is 5.11 Å². The average Bonchev–Trinajstić information content (AvgIpc) is 2.01. The first kappa shape index (κ1) is 10.4. The minimum atomic E-state index is -0.927. The van der Waals surface area contributed by atoms with Crippen LogP contribution in [0.2, 0.25) is 0 Å². The average molecular weight is 158 g/mol. The molecule has 0 aliphatic heterocycles. The molecule has 66 valence electrons. The standard InChI is InChI=1S/C8H18N2O/c1-5-8(11,6-2)7(9)10(3)4/h9,11H,5-6H2,1-4H3. The van der Waals surface area contributed by atoms with E-state index >= 15 is 0 Å². The highest BCUT2D eigenvalue weighted by Gasteiger charge is 2.29. The predicted octanol–water partition coefficient (Wildman–Crippen LogP) is 1.08. The molecule has 0 aliphatic carbocycles. The maximum absolute atomic E-state index is 9.80. The third-order valence-electron chi connectivity index (χ3n) is 2.06. The summed E-state index contributed by atoms with van der Waals surface area (Å²) in [5.41, 5.74) is -0.927. The fourth-order valence-corrected chi connectivity index (χ4v) is 1.00. The first-order valence-corrected chi connectivity index (χ1v) is 3.96. The number of aliphatic hydroxyl groups is 1. The van der Waals surface area contributed by atoms with Crippen LogP contribution < -0.4 is 0 Å². The zero-order valence-corrected chi connectivity index (χ0v) is 7.81. The van der Waals surface area contributed by atoms with Crippen molar-refractivity contribution in [3.05, 3.63) is 0 Å². The monoisotopic (exact) mass is 158 g/mol. The number of likely N-dealkylation sites (N-methyl/N-ethyl adjacent to an activating group) is 1. The van der Waals surface area contributed by atoms with Crippen LogP contribution in [-0.4, -0.2) is 35.5 Å². The second kappa shape index (κ2) is 3.72. The molecule has 0 saturated carbocycles. The van der Waals surface area contributed by atoms with E-state index in [4.69, 9.17) is 5.41 Å². The third kappa shape index (κ3) is 2.19. The normalized spacial score (nSPS) is 11.4. The van der Waals surface area contributed by atoms with Gasteiger partial charge in [-0.1, -0.05) is 13.8 Å². The van der Waals surface area contributed by atoms with Gasteiger partial charge in [0.25, 0.3) is 0 Å². The molecular formula is C8H18N2O. The third-order valence-corrected chi connectivity index (χ3v) is 2.06. The molecule has 2 N–H and O–H groups in total. The van der Waals surface area contributed by atoms with E-state index in [0.717, 1.165) is 0 Å². The highest BCUT2D eigenvalue weighted by Crippen LogP contribution is 2.16. The van der Waals surface area contributed by atoms with Crippen molar-refractivity contribution in [2.45, 2.75) is 32.3 Å². The predicted molar refractivity (Wildman–Crippen MR) is 46.9 cm³/mol. The molecule has 11 heavy (non-hydrogen) atoms. The molecule has 0 bridgehead atoms. The van der Waals surface area contributed by atoms with Gasteiger partial charge >= 0.3 is 0 Å². The Labute approximate surface area is 68.5 Å². The van der Waals surface area contributed by atoms with Gasteiger partial charge in [0.2, 0.25) is 0 Å². The van der Waals surface area contributed by atoms with Crippen molar-refractivity contribution < 1.29 is 5.11 Å². The summed E-state index contributed by atoms with van der Waals surface area (Å²) in [5, 5.41) is 17.4. The van der Waals surface area contributed by atoms with Gasteiger partial charge in [0.15, 0.2) is 0 Å². The van der Waals surface area contributed by atoms with Crippen LogP contribution in [0.3, 0.4) is 0 Å². The molecule has 0 aromatic heterocycles. The minimum Gasteiger partial charge on any atom is -0.382 e. The molecule has 0 amide bonds. The van der Waals surface area contributed by atoms with Crippen molar-refractivity contribution in [2.24, 2.45) is 0 Å². The Bertz CT molecular complexity index is 139. The van der Waals surface area contributed by atoms with Crippen LogP contribution in [0.25, 0.3) is 0 Å². The number of nitrogens with zero attached hydrogens (tertiary/aromatic N) is 1. The first-order chi connectivity index (χ1) is 4.98. The van der Waals surface area contributed by atoms with Crippen molar-refractivity contribution in [2.75, 3.05) is 14.1 Å².